The zero-order valence-electron chi connectivity index (χ0n) is 13.8. The largest absolute Gasteiger partial charge is 0.381 e. The van der Waals surface area contributed by atoms with Crippen LogP contribution in [0.5, 0.6) is 0 Å². The predicted octanol–water partition coefficient (Wildman–Crippen LogP) is 3.36. The van der Waals surface area contributed by atoms with Gasteiger partial charge in [-0.15, -0.1) is 0 Å². The van der Waals surface area contributed by atoms with E-state index in [1.807, 2.05) is 6.07 Å². The Morgan fingerprint density at radius 2 is 2.09 bits per heavy atom. The van der Waals surface area contributed by atoms with Gasteiger partial charge in [0.05, 0.1) is 12.1 Å². The molecule has 2 aromatic rings. The molecule has 0 unspecified atom stereocenters. The molecule has 23 heavy (non-hydrogen) atoms. The van der Waals surface area contributed by atoms with Gasteiger partial charge in [-0.25, -0.2) is 4.39 Å². The van der Waals surface area contributed by atoms with E-state index in [-0.39, 0.29) is 11.9 Å². The summed E-state index contributed by atoms with van der Waals surface area (Å²) in [6.07, 6.45) is 2.35. The van der Waals surface area contributed by atoms with E-state index in [1.165, 1.54) is 6.07 Å². The van der Waals surface area contributed by atoms with E-state index in [2.05, 4.69) is 22.0 Å². The topological polar surface area (TPSA) is 51.4 Å². The number of rotatable bonds is 4. The molecule has 0 amide bonds. The summed E-state index contributed by atoms with van der Waals surface area (Å²) in [6.45, 7) is 5.67. The van der Waals surface area contributed by atoms with Gasteiger partial charge < -0.3 is 9.26 Å². The first-order valence-corrected chi connectivity index (χ1v) is 7.95. The van der Waals surface area contributed by atoms with Crippen LogP contribution in [0.3, 0.4) is 0 Å². The lowest BCUT2D eigenvalue weighted by Crippen LogP contribution is -2.38. The van der Waals surface area contributed by atoms with Crippen LogP contribution in [0.1, 0.15) is 37.3 Å². The van der Waals surface area contributed by atoms with E-state index >= 15 is 0 Å². The normalized spacial score (nSPS) is 18.3. The van der Waals surface area contributed by atoms with E-state index in [1.54, 1.807) is 20.1 Å². The third-order valence-corrected chi connectivity index (χ3v) is 4.59. The van der Waals surface area contributed by atoms with Crippen LogP contribution < -0.4 is 0 Å². The van der Waals surface area contributed by atoms with Gasteiger partial charge in [0.2, 0.25) is 11.7 Å². The molecule has 2 heterocycles. The maximum atomic E-state index is 13.7. The molecular weight excluding hydrogens is 297 g/mol. The van der Waals surface area contributed by atoms with Crippen LogP contribution in [0.15, 0.2) is 22.7 Å². The maximum absolute atomic E-state index is 13.7. The molecule has 3 rings (SSSR count). The Labute approximate surface area is 135 Å². The van der Waals surface area contributed by atoms with Crippen LogP contribution in [0.4, 0.5) is 4.39 Å². The van der Waals surface area contributed by atoms with Gasteiger partial charge in [0.25, 0.3) is 0 Å². The number of halogens is 1. The van der Waals surface area contributed by atoms with Crippen molar-refractivity contribution in [2.75, 3.05) is 20.2 Å². The number of aromatic nitrogens is 2. The Morgan fingerprint density at radius 3 is 2.74 bits per heavy atom. The molecule has 1 atom stereocenters. The Kier molecular flexibility index (Phi) is 4.73. The van der Waals surface area contributed by atoms with Crippen molar-refractivity contribution in [3.63, 3.8) is 0 Å². The fourth-order valence-corrected chi connectivity index (χ4v) is 2.91. The van der Waals surface area contributed by atoms with Crippen LogP contribution in [0.2, 0.25) is 0 Å². The zero-order chi connectivity index (χ0) is 16.4. The third kappa shape index (κ3) is 3.43. The second-order valence-electron chi connectivity index (χ2n) is 6.07. The van der Waals surface area contributed by atoms with E-state index in [4.69, 9.17) is 9.26 Å². The minimum atomic E-state index is -0.261. The highest BCUT2D eigenvalue weighted by Gasteiger charge is 2.26. The number of nitrogens with zero attached hydrogens (tertiary/aromatic N) is 3. The highest BCUT2D eigenvalue weighted by atomic mass is 19.1. The van der Waals surface area contributed by atoms with Crippen molar-refractivity contribution in [1.82, 2.24) is 15.0 Å². The first-order valence-electron chi connectivity index (χ1n) is 7.95. The molecule has 1 saturated heterocycles. The van der Waals surface area contributed by atoms with E-state index in [9.17, 15) is 4.39 Å². The summed E-state index contributed by atoms with van der Waals surface area (Å²) in [5.41, 5.74) is 1.24. The van der Waals surface area contributed by atoms with Crippen molar-refractivity contribution in [1.29, 1.82) is 0 Å². The van der Waals surface area contributed by atoms with Crippen LogP contribution in [-0.4, -0.2) is 41.3 Å². The van der Waals surface area contributed by atoms with Crippen LogP contribution >= 0.6 is 0 Å². The van der Waals surface area contributed by atoms with Gasteiger partial charge in [-0.1, -0.05) is 17.3 Å². The lowest BCUT2D eigenvalue weighted by atomic mass is 10.1. The molecule has 1 fully saturated rings. The maximum Gasteiger partial charge on any atom is 0.244 e. The molecule has 0 bridgehead atoms. The number of aryl methyl sites for hydroxylation is 1. The summed E-state index contributed by atoms with van der Waals surface area (Å²) in [4.78, 5) is 6.76. The van der Waals surface area contributed by atoms with E-state index < -0.39 is 0 Å². The highest BCUT2D eigenvalue weighted by molar-refractivity contribution is 5.54. The molecule has 0 N–H and O–H groups in total. The van der Waals surface area contributed by atoms with Crippen LogP contribution in [-0.2, 0) is 4.74 Å². The second kappa shape index (κ2) is 6.76. The SMILES string of the molecule is COC1CCN([C@@H](C)c2nc(-c3ccc(C)c(F)c3)no2)CC1. The molecule has 0 radical (unpaired) electrons. The van der Waals surface area contributed by atoms with Gasteiger partial charge in [-0.2, -0.15) is 4.98 Å². The number of piperidine rings is 1. The number of hydrogen-bond donors (Lipinski definition) is 0. The van der Waals surface area contributed by atoms with Crippen molar-refractivity contribution >= 4 is 0 Å². The molecule has 0 saturated carbocycles. The van der Waals surface area contributed by atoms with Gasteiger partial charge in [0, 0.05) is 25.8 Å². The molecule has 124 valence electrons. The quantitative estimate of drug-likeness (QED) is 0.865. The number of likely N-dealkylation sites (tertiary alicyclic amines) is 1. The molecule has 0 aliphatic carbocycles. The summed E-state index contributed by atoms with van der Waals surface area (Å²) in [5, 5.41) is 4.00. The first kappa shape index (κ1) is 16.1. The predicted molar refractivity (Wildman–Crippen MR) is 84.4 cm³/mol. The van der Waals surface area contributed by atoms with E-state index in [0.29, 0.717) is 28.9 Å². The Morgan fingerprint density at radius 1 is 1.35 bits per heavy atom. The average Bonchev–Trinajstić information content (AvgIpc) is 3.07. The lowest BCUT2D eigenvalue weighted by molar-refractivity contribution is 0.0247. The summed E-state index contributed by atoms with van der Waals surface area (Å²) in [5.74, 6) is 0.734. The molecule has 1 aliphatic heterocycles. The molecule has 0 spiro atoms. The molecular formula is C17H22FN3O2. The molecule has 1 aromatic heterocycles. The summed E-state index contributed by atoms with van der Waals surface area (Å²) >= 11 is 0. The number of ether oxygens (including phenoxy) is 1. The fourth-order valence-electron chi connectivity index (χ4n) is 2.91. The molecule has 6 heteroatoms. The Hall–Kier alpha value is -1.79. The van der Waals surface area contributed by atoms with Crippen LogP contribution in [0, 0.1) is 12.7 Å². The lowest BCUT2D eigenvalue weighted by Gasteiger charge is -2.33. The van der Waals surface area contributed by atoms with Crippen molar-refractivity contribution in [3.05, 3.63) is 35.5 Å². The minimum Gasteiger partial charge on any atom is -0.381 e. The molecule has 5 nitrogen and oxygen atoms in total. The summed E-state index contributed by atoms with van der Waals surface area (Å²) < 4.78 is 24.5. The smallest absolute Gasteiger partial charge is 0.244 e. The van der Waals surface area contributed by atoms with Crippen molar-refractivity contribution in [2.45, 2.75) is 38.8 Å². The third-order valence-electron chi connectivity index (χ3n) is 4.59. The second-order valence-corrected chi connectivity index (χ2v) is 6.07. The zero-order valence-corrected chi connectivity index (χ0v) is 13.8. The summed E-state index contributed by atoms with van der Waals surface area (Å²) in [6, 6.07) is 5.02. The number of hydrogen-bond acceptors (Lipinski definition) is 5. The van der Waals surface area contributed by atoms with Gasteiger partial charge in [-0.3, -0.25) is 4.90 Å². The van der Waals surface area contributed by atoms with Gasteiger partial charge in [-0.05, 0) is 38.3 Å². The van der Waals surface area contributed by atoms with Crippen molar-refractivity contribution < 1.29 is 13.7 Å². The highest BCUT2D eigenvalue weighted by Crippen LogP contribution is 2.26. The minimum absolute atomic E-state index is 0.0457. The monoisotopic (exact) mass is 319 g/mol. The molecule has 1 aliphatic rings. The Balaban J connectivity index is 1.72. The van der Waals surface area contributed by atoms with Crippen molar-refractivity contribution in [3.8, 4) is 11.4 Å². The van der Waals surface area contributed by atoms with Gasteiger partial charge in [0.1, 0.15) is 5.82 Å². The van der Waals surface area contributed by atoms with Crippen LogP contribution in [0.25, 0.3) is 11.4 Å². The fraction of sp³-hybridized carbons (Fsp3) is 0.529. The number of benzene rings is 1. The first-order chi connectivity index (χ1) is 11.1. The average molecular weight is 319 g/mol. The van der Waals surface area contributed by atoms with E-state index in [0.717, 1.165) is 25.9 Å². The Bertz CT molecular complexity index is 666. The van der Waals surface area contributed by atoms with Crippen molar-refractivity contribution in [2.24, 2.45) is 0 Å². The summed E-state index contributed by atoms with van der Waals surface area (Å²) in [7, 11) is 1.76. The van der Waals surface area contributed by atoms with Gasteiger partial charge >= 0.3 is 0 Å². The van der Waals surface area contributed by atoms with Gasteiger partial charge in [0.15, 0.2) is 0 Å². The molecule has 1 aromatic carbocycles. The number of methoxy groups -OCH3 is 1. The standard InChI is InChI=1S/C17H22FN3O2/c1-11-4-5-13(10-15(11)18)16-19-17(23-20-16)12(2)21-8-6-14(22-3)7-9-21/h4-5,10,12,14H,6-9H2,1-3H3/t12-/m0/s1.